The van der Waals surface area contributed by atoms with E-state index in [4.69, 9.17) is 0 Å². The topological polar surface area (TPSA) is 20.3 Å². The molecule has 0 saturated carbocycles. The molecule has 3 aromatic rings. The van der Waals surface area contributed by atoms with Gasteiger partial charge in [-0.2, -0.15) is 0 Å². The number of hydrogen-bond acceptors (Lipinski definition) is 1. The van der Waals surface area contributed by atoms with Gasteiger partial charge in [-0.1, -0.05) is 79.2 Å². The van der Waals surface area contributed by atoms with Gasteiger partial charge < -0.3 is 4.90 Å². The summed E-state index contributed by atoms with van der Waals surface area (Å²) < 4.78 is 1.06. The van der Waals surface area contributed by atoms with Crippen molar-refractivity contribution in [1.29, 1.82) is 0 Å². The van der Waals surface area contributed by atoms with Crippen molar-refractivity contribution < 1.29 is 4.79 Å². The number of carbonyl (C=O) groups excluding carboxylic acids is 1. The molecule has 2 aliphatic heterocycles. The molecular weight excluding hydrogens is 434 g/mol. The van der Waals surface area contributed by atoms with E-state index in [0.717, 1.165) is 22.1 Å². The summed E-state index contributed by atoms with van der Waals surface area (Å²) in [5.41, 5.74) is 5.81. The maximum atomic E-state index is 12.9. The number of nitrogens with zero attached hydrogens (tertiary/aromatic N) is 1. The average molecular weight is 460 g/mol. The maximum absolute atomic E-state index is 12.9. The average Bonchev–Trinajstić information content (AvgIpc) is 3.01. The van der Waals surface area contributed by atoms with Gasteiger partial charge in [0.05, 0.1) is 11.2 Å². The molecule has 0 spiro atoms. The predicted octanol–water partition coefficient (Wildman–Crippen LogP) is 7.23. The van der Waals surface area contributed by atoms with Crippen LogP contribution in [0.3, 0.4) is 0 Å². The molecule has 5 rings (SSSR count). The summed E-state index contributed by atoms with van der Waals surface area (Å²) in [7, 11) is 0. The molecular formula is C27H26BrNO. The number of hydrogen-bond donors (Lipinski definition) is 0. The Morgan fingerprint density at radius 2 is 1.73 bits per heavy atom. The molecule has 2 heterocycles. The van der Waals surface area contributed by atoms with Gasteiger partial charge in [0.2, 0.25) is 5.91 Å². The van der Waals surface area contributed by atoms with Crippen LogP contribution in [-0.4, -0.2) is 11.4 Å². The minimum Gasteiger partial charge on any atom is -0.302 e. The number of rotatable bonds is 1. The van der Waals surface area contributed by atoms with Gasteiger partial charge in [0, 0.05) is 16.5 Å². The molecule has 0 aromatic heterocycles. The second kappa shape index (κ2) is 6.55. The second-order valence-electron chi connectivity index (χ2n) is 9.80. The lowest BCUT2D eigenvalue weighted by atomic mass is 9.81. The molecule has 1 unspecified atom stereocenters. The van der Waals surface area contributed by atoms with Crippen molar-refractivity contribution in [2.45, 2.75) is 51.5 Å². The summed E-state index contributed by atoms with van der Waals surface area (Å²) in [5, 5.41) is 2.36. The predicted molar refractivity (Wildman–Crippen MR) is 129 cm³/mol. The monoisotopic (exact) mass is 459 g/mol. The van der Waals surface area contributed by atoms with Crippen molar-refractivity contribution in [2.24, 2.45) is 0 Å². The molecule has 0 N–H and O–H groups in total. The molecule has 3 aromatic carbocycles. The van der Waals surface area contributed by atoms with Gasteiger partial charge in [-0.3, -0.25) is 4.79 Å². The van der Waals surface area contributed by atoms with Crippen LogP contribution in [0.5, 0.6) is 0 Å². The van der Waals surface area contributed by atoms with Gasteiger partial charge in [-0.25, -0.2) is 0 Å². The van der Waals surface area contributed by atoms with Crippen LogP contribution in [0.15, 0.2) is 65.1 Å². The lowest BCUT2D eigenvalue weighted by Gasteiger charge is -2.40. The third-order valence-electron chi connectivity index (χ3n) is 6.59. The molecule has 3 heteroatoms. The Morgan fingerprint density at radius 1 is 1.00 bits per heavy atom. The molecule has 0 radical (unpaired) electrons. The molecule has 2 aliphatic rings. The summed E-state index contributed by atoms with van der Waals surface area (Å²) in [4.78, 5) is 14.9. The highest BCUT2D eigenvalue weighted by molar-refractivity contribution is 9.10. The normalized spacial score (nSPS) is 20.9. The van der Waals surface area contributed by atoms with Gasteiger partial charge in [-0.15, -0.1) is 0 Å². The molecule has 1 atom stereocenters. The van der Waals surface area contributed by atoms with Gasteiger partial charge in [0.15, 0.2) is 0 Å². The van der Waals surface area contributed by atoms with E-state index in [1.165, 1.54) is 27.5 Å². The molecule has 30 heavy (non-hydrogen) atoms. The first kappa shape index (κ1) is 19.6. The molecule has 0 aliphatic carbocycles. The molecule has 1 amide bonds. The number of amides is 1. The third-order valence-corrected chi connectivity index (χ3v) is 7.09. The number of anilines is 1. The Balaban J connectivity index is 1.78. The highest BCUT2D eigenvalue weighted by Gasteiger charge is 2.45. The standard InChI is InChI=1S/C27H26BrNO/c1-26(2,3)19-8-5-17(6-9-19)22-16-27(4)14-13-24(30)29(27)23-12-7-18-15-20(28)10-11-21(18)25(22)23/h5-12,15-16H,13-14H2,1-4H3. The first-order valence-corrected chi connectivity index (χ1v) is 11.4. The van der Waals surface area contributed by atoms with E-state index in [0.29, 0.717) is 6.42 Å². The van der Waals surface area contributed by atoms with Gasteiger partial charge in [-0.05, 0) is 64.4 Å². The van der Waals surface area contributed by atoms with Crippen LogP contribution in [0.4, 0.5) is 5.69 Å². The van der Waals surface area contributed by atoms with Crippen LogP contribution in [-0.2, 0) is 10.2 Å². The number of fused-ring (bicyclic) bond motifs is 5. The summed E-state index contributed by atoms with van der Waals surface area (Å²) in [6.07, 6.45) is 3.78. The van der Waals surface area contributed by atoms with Crippen LogP contribution in [0, 0.1) is 0 Å². The lowest BCUT2D eigenvalue weighted by Crippen LogP contribution is -2.44. The number of carbonyl (C=O) groups is 1. The fourth-order valence-electron chi connectivity index (χ4n) is 4.93. The Kier molecular flexibility index (Phi) is 4.27. The zero-order valence-electron chi connectivity index (χ0n) is 17.9. The van der Waals surface area contributed by atoms with Crippen molar-refractivity contribution in [3.8, 4) is 0 Å². The highest BCUT2D eigenvalue weighted by atomic mass is 79.9. The molecule has 2 nitrogen and oxygen atoms in total. The fraction of sp³-hybridized carbons (Fsp3) is 0.296. The molecule has 1 saturated heterocycles. The van der Waals surface area contributed by atoms with Crippen molar-refractivity contribution in [3.05, 3.63) is 81.8 Å². The first-order valence-electron chi connectivity index (χ1n) is 10.6. The van der Waals surface area contributed by atoms with E-state index in [9.17, 15) is 4.79 Å². The fourth-order valence-corrected chi connectivity index (χ4v) is 5.31. The number of benzene rings is 3. The Morgan fingerprint density at radius 3 is 2.43 bits per heavy atom. The lowest BCUT2D eigenvalue weighted by molar-refractivity contribution is -0.117. The van der Waals surface area contributed by atoms with Crippen LogP contribution < -0.4 is 4.90 Å². The van der Waals surface area contributed by atoms with Crippen LogP contribution in [0.25, 0.3) is 16.3 Å². The van der Waals surface area contributed by atoms with Gasteiger partial charge >= 0.3 is 0 Å². The summed E-state index contributed by atoms with van der Waals surface area (Å²) >= 11 is 3.60. The van der Waals surface area contributed by atoms with E-state index < -0.39 is 0 Å². The van der Waals surface area contributed by atoms with Crippen LogP contribution in [0.1, 0.15) is 57.2 Å². The van der Waals surface area contributed by atoms with Crippen molar-refractivity contribution in [2.75, 3.05) is 4.90 Å². The molecule has 152 valence electrons. The summed E-state index contributed by atoms with van der Waals surface area (Å²) in [6, 6.07) is 19.6. The van der Waals surface area contributed by atoms with E-state index in [1.807, 2.05) is 4.90 Å². The van der Waals surface area contributed by atoms with E-state index in [1.54, 1.807) is 0 Å². The Labute approximate surface area is 186 Å². The van der Waals surface area contributed by atoms with Gasteiger partial charge in [0.1, 0.15) is 0 Å². The van der Waals surface area contributed by atoms with Crippen molar-refractivity contribution in [3.63, 3.8) is 0 Å². The summed E-state index contributed by atoms with van der Waals surface area (Å²) in [5.74, 6) is 0.216. The quantitative estimate of drug-likeness (QED) is 0.375. The minimum absolute atomic E-state index is 0.122. The SMILES string of the molecule is CC(C)(C)c1ccc(C2=CC3(C)CCC(=O)N3c3ccc4cc(Br)ccc4c32)cc1. The Hall–Kier alpha value is -2.39. The molecule has 1 fully saturated rings. The summed E-state index contributed by atoms with van der Waals surface area (Å²) in [6.45, 7) is 8.92. The molecule has 0 bridgehead atoms. The highest BCUT2D eigenvalue weighted by Crippen LogP contribution is 2.49. The van der Waals surface area contributed by atoms with Gasteiger partial charge in [0.25, 0.3) is 0 Å². The van der Waals surface area contributed by atoms with Crippen LogP contribution in [0.2, 0.25) is 0 Å². The Bertz CT molecular complexity index is 1220. The largest absolute Gasteiger partial charge is 0.302 e. The van der Waals surface area contributed by atoms with E-state index >= 15 is 0 Å². The third kappa shape index (κ3) is 2.94. The second-order valence-corrected chi connectivity index (χ2v) is 10.7. The maximum Gasteiger partial charge on any atom is 0.227 e. The minimum atomic E-state index is -0.273. The van der Waals surface area contributed by atoms with E-state index in [-0.39, 0.29) is 16.9 Å². The first-order chi connectivity index (χ1) is 14.2. The van der Waals surface area contributed by atoms with E-state index in [2.05, 4.69) is 104 Å². The smallest absolute Gasteiger partial charge is 0.227 e. The van der Waals surface area contributed by atoms with Crippen molar-refractivity contribution >= 4 is 43.9 Å². The number of halogens is 1. The van der Waals surface area contributed by atoms with Crippen LogP contribution >= 0.6 is 15.9 Å². The van der Waals surface area contributed by atoms with Crippen molar-refractivity contribution in [1.82, 2.24) is 0 Å². The zero-order valence-corrected chi connectivity index (χ0v) is 19.5. The zero-order chi connectivity index (χ0) is 21.3.